The smallest absolute Gasteiger partial charge is 0.309 e. The van der Waals surface area contributed by atoms with E-state index < -0.39 is 0 Å². The average Bonchev–Trinajstić information content (AvgIpc) is 3.07. The van der Waals surface area contributed by atoms with Gasteiger partial charge in [0.2, 0.25) is 0 Å². The Hall–Kier alpha value is -2.56. The minimum atomic E-state index is -0.0852. The Balaban J connectivity index is 1.70. The molecule has 0 amide bonds. The number of fused-ring (bicyclic) bond motifs is 3. The fourth-order valence-corrected chi connectivity index (χ4v) is 5.08. The van der Waals surface area contributed by atoms with Crippen molar-refractivity contribution in [3.05, 3.63) is 58.4 Å². The molecule has 0 N–H and O–H groups in total. The molecule has 0 fully saturated rings. The summed E-state index contributed by atoms with van der Waals surface area (Å²) in [4.78, 5) is 24.9. The quantitative estimate of drug-likeness (QED) is 0.680. The van der Waals surface area contributed by atoms with Crippen LogP contribution in [0.5, 0.6) is 0 Å². The van der Waals surface area contributed by atoms with Crippen molar-refractivity contribution >= 4 is 11.9 Å². The number of nitrogens with zero attached hydrogens (tertiary/aromatic N) is 1. The molecular weight excluding hydrogens is 378 g/mol. The van der Waals surface area contributed by atoms with Gasteiger partial charge < -0.3 is 14.0 Å². The van der Waals surface area contributed by atoms with Crippen LogP contribution >= 0.6 is 0 Å². The Kier molecular flexibility index (Phi) is 6.26. The van der Waals surface area contributed by atoms with Gasteiger partial charge in [-0.15, -0.1) is 0 Å². The second kappa shape index (κ2) is 9.07. The van der Waals surface area contributed by atoms with E-state index in [4.69, 9.17) is 9.47 Å². The van der Waals surface area contributed by atoms with E-state index in [1.54, 1.807) is 0 Å². The minimum absolute atomic E-state index is 0.0795. The van der Waals surface area contributed by atoms with E-state index in [1.165, 1.54) is 28.1 Å². The zero-order valence-electron chi connectivity index (χ0n) is 18.0. The zero-order chi connectivity index (χ0) is 21.1. The highest BCUT2D eigenvalue weighted by molar-refractivity contribution is 5.74. The van der Waals surface area contributed by atoms with Crippen LogP contribution in [0.25, 0.3) is 0 Å². The Morgan fingerprint density at radius 3 is 1.83 bits per heavy atom. The van der Waals surface area contributed by atoms with Crippen molar-refractivity contribution < 1.29 is 19.1 Å². The second-order valence-electron chi connectivity index (χ2n) is 8.31. The van der Waals surface area contributed by atoms with Crippen molar-refractivity contribution in [3.63, 3.8) is 0 Å². The van der Waals surface area contributed by atoms with Crippen LogP contribution in [0.1, 0.15) is 54.8 Å². The molecule has 0 saturated carbocycles. The number of rotatable bonds is 6. The van der Waals surface area contributed by atoms with Crippen LogP contribution in [0.4, 0.5) is 0 Å². The molecule has 2 aliphatic carbocycles. The molecule has 0 radical (unpaired) electrons. The maximum Gasteiger partial charge on any atom is 0.309 e. The van der Waals surface area contributed by atoms with Gasteiger partial charge in [-0.25, -0.2) is 0 Å². The van der Waals surface area contributed by atoms with Crippen LogP contribution in [0.15, 0.2) is 30.3 Å². The number of ether oxygens (including phenoxy) is 2. The molecule has 2 aliphatic rings. The molecule has 2 atom stereocenters. The van der Waals surface area contributed by atoms with Crippen LogP contribution in [-0.2, 0) is 51.3 Å². The van der Waals surface area contributed by atoms with Gasteiger partial charge >= 0.3 is 11.9 Å². The molecule has 5 nitrogen and oxygen atoms in total. The molecule has 4 rings (SSSR count). The summed E-state index contributed by atoms with van der Waals surface area (Å²) in [6.07, 6.45) is 4.94. The third-order valence-electron chi connectivity index (χ3n) is 6.50. The van der Waals surface area contributed by atoms with Gasteiger partial charge in [-0.1, -0.05) is 30.3 Å². The first kappa shape index (κ1) is 20.7. The Morgan fingerprint density at radius 1 is 0.867 bits per heavy atom. The summed E-state index contributed by atoms with van der Waals surface area (Å²) in [7, 11) is 0. The molecule has 5 heteroatoms. The Morgan fingerprint density at radius 2 is 1.37 bits per heavy atom. The largest absolute Gasteiger partial charge is 0.466 e. The van der Waals surface area contributed by atoms with E-state index >= 15 is 0 Å². The maximum atomic E-state index is 12.4. The van der Waals surface area contributed by atoms with Crippen molar-refractivity contribution in [2.75, 3.05) is 13.2 Å². The predicted octanol–water partition coefficient (Wildman–Crippen LogP) is 3.87. The number of esters is 2. The Labute approximate surface area is 178 Å². The van der Waals surface area contributed by atoms with Crippen LogP contribution in [0, 0.1) is 11.8 Å². The molecule has 160 valence electrons. The van der Waals surface area contributed by atoms with Gasteiger partial charge in [0, 0.05) is 30.8 Å². The summed E-state index contributed by atoms with van der Waals surface area (Å²) in [6, 6.07) is 10.4. The fraction of sp³-hybridized carbons (Fsp3) is 0.520. The summed E-state index contributed by atoms with van der Waals surface area (Å²) >= 11 is 0. The molecule has 30 heavy (non-hydrogen) atoms. The molecule has 2 aromatic rings. The molecule has 0 saturated heterocycles. The summed E-state index contributed by atoms with van der Waals surface area (Å²) in [6.45, 7) is 5.33. The van der Waals surface area contributed by atoms with Crippen molar-refractivity contribution in [3.8, 4) is 0 Å². The van der Waals surface area contributed by atoms with Crippen molar-refractivity contribution in [2.45, 2.75) is 58.9 Å². The van der Waals surface area contributed by atoms with E-state index in [-0.39, 0.29) is 23.8 Å². The third-order valence-corrected chi connectivity index (χ3v) is 6.50. The standard InChI is InChI=1S/C25H31NO4/c1-3-29-24(27)18-10-12-20-21-13-11-19(25(28)30-4-2)15-23(21)26(22(20)14-18)16-17-8-6-5-7-9-17/h5-9,18-19H,3-4,10-16H2,1-2H3. The van der Waals surface area contributed by atoms with Gasteiger partial charge in [-0.3, -0.25) is 9.59 Å². The normalized spacial score (nSPS) is 20.2. The predicted molar refractivity (Wildman–Crippen MR) is 114 cm³/mol. The fourth-order valence-electron chi connectivity index (χ4n) is 5.08. The van der Waals surface area contributed by atoms with Gasteiger partial charge in [0.25, 0.3) is 0 Å². The van der Waals surface area contributed by atoms with Crippen molar-refractivity contribution in [2.24, 2.45) is 11.8 Å². The summed E-state index contributed by atoms with van der Waals surface area (Å²) in [5, 5.41) is 0. The van der Waals surface area contributed by atoms with Crippen LogP contribution in [0.3, 0.4) is 0 Å². The highest BCUT2D eigenvalue weighted by atomic mass is 16.5. The number of hydrogen-bond acceptors (Lipinski definition) is 4. The lowest BCUT2D eigenvalue weighted by atomic mass is 9.82. The Bertz CT molecular complexity index is 861. The van der Waals surface area contributed by atoms with Crippen LogP contribution in [-0.4, -0.2) is 29.7 Å². The summed E-state index contributed by atoms with van der Waals surface area (Å²) in [5.41, 5.74) is 6.57. The molecule has 2 unspecified atom stereocenters. The number of carbonyl (C=O) groups is 2. The highest BCUT2D eigenvalue weighted by Gasteiger charge is 2.36. The highest BCUT2D eigenvalue weighted by Crippen LogP contribution is 2.38. The van der Waals surface area contributed by atoms with Gasteiger partial charge in [-0.05, 0) is 56.2 Å². The lowest BCUT2D eigenvalue weighted by molar-refractivity contribution is -0.149. The molecule has 1 heterocycles. The van der Waals surface area contributed by atoms with Crippen molar-refractivity contribution in [1.82, 2.24) is 4.57 Å². The topological polar surface area (TPSA) is 57.5 Å². The van der Waals surface area contributed by atoms with E-state index in [9.17, 15) is 9.59 Å². The van der Waals surface area contributed by atoms with Gasteiger partial charge in [0.1, 0.15) is 0 Å². The summed E-state index contributed by atoms with van der Waals surface area (Å²) < 4.78 is 13.0. The first-order valence-electron chi connectivity index (χ1n) is 11.2. The molecule has 1 aromatic heterocycles. The molecule has 0 spiro atoms. The lowest BCUT2D eigenvalue weighted by Crippen LogP contribution is -2.26. The van der Waals surface area contributed by atoms with E-state index in [0.717, 1.165) is 45.1 Å². The van der Waals surface area contributed by atoms with Gasteiger partial charge in [0.05, 0.1) is 25.0 Å². The van der Waals surface area contributed by atoms with Gasteiger partial charge in [0.15, 0.2) is 0 Å². The number of aromatic nitrogens is 1. The lowest BCUT2D eigenvalue weighted by Gasteiger charge is -2.24. The summed E-state index contributed by atoms with van der Waals surface area (Å²) in [5.74, 6) is -0.329. The first-order chi connectivity index (χ1) is 14.6. The van der Waals surface area contributed by atoms with E-state index in [1.807, 2.05) is 19.9 Å². The first-order valence-corrected chi connectivity index (χ1v) is 11.2. The van der Waals surface area contributed by atoms with Crippen LogP contribution < -0.4 is 0 Å². The van der Waals surface area contributed by atoms with E-state index in [0.29, 0.717) is 13.2 Å². The average molecular weight is 410 g/mol. The SMILES string of the molecule is CCOC(=O)C1CCc2c3c(n(Cc4ccccc4)c2C1)CC(C(=O)OCC)CC3. The minimum Gasteiger partial charge on any atom is -0.466 e. The number of hydrogen-bond donors (Lipinski definition) is 0. The monoisotopic (exact) mass is 409 g/mol. The van der Waals surface area contributed by atoms with Gasteiger partial charge in [-0.2, -0.15) is 0 Å². The molecular formula is C25H31NO4. The number of carbonyl (C=O) groups excluding carboxylic acids is 2. The molecule has 1 aromatic carbocycles. The van der Waals surface area contributed by atoms with E-state index in [2.05, 4.69) is 28.8 Å². The maximum absolute atomic E-state index is 12.4. The third kappa shape index (κ3) is 4.03. The molecule has 0 bridgehead atoms. The van der Waals surface area contributed by atoms with Crippen LogP contribution in [0.2, 0.25) is 0 Å². The van der Waals surface area contributed by atoms with Crippen molar-refractivity contribution in [1.29, 1.82) is 0 Å². The molecule has 0 aliphatic heterocycles. The second-order valence-corrected chi connectivity index (χ2v) is 8.31. The zero-order valence-corrected chi connectivity index (χ0v) is 18.0. The number of benzene rings is 1.